The Bertz CT molecular complexity index is 938. The molecule has 8 unspecified atom stereocenters. The van der Waals surface area contributed by atoms with Gasteiger partial charge in [-0.1, -0.05) is 18.4 Å². The van der Waals surface area contributed by atoms with E-state index in [-0.39, 0.29) is 52.5 Å². The number of piperidine rings is 1. The highest BCUT2D eigenvalue weighted by atomic mass is 32.2. The summed E-state index contributed by atoms with van der Waals surface area (Å²) >= 11 is 3.49. The van der Waals surface area contributed by atoms with E-state index in [2.05, 4.69) is 31.3 Å². The van der Waals surface area contributed by atoms with Crippen LogP contribution in [0.4, 0.5) is 0 Å². The Morgan fingerprint density at radius 2 is 1.97 bits per heavy atom. The van der Waals surface area contributed by atoms with Gasteiger partial charge in [-0.3, -0.25) is 19.6 Å². The Morgan fingerprint density at radius 1 is 1.15 bits per heavy atom. The Labute approximate surface area is 239 Å². The number of fused-ring (bicyclic) bond motifs is 1. The molecule has 6 aliphatic rings. The van der Waals surface area contributed by atoms with Crippen molar-refractivity contribution in [3.05, 3.63) is 11.1 Å². The van der Waals surface area contributed by atoms with E-state index in [0.717, 1.165) is 37.5 Å². The zero-order valence-electron chi connectivity index (χ0n) is 22.5. The number of nitrogens with two attached hydrogens (primary N) is 1. The predicted octanol–water partition coefficient (Wildman–Crippen LogP) is -1.49. The number of rotatable bonds is 7. The number of hydrogen-bond acceptors (Lipinski definition) is 11. The molecule has 1 saturated carbocycles. The molecule has 1 amide bonds. The summed E-state index contributed by atoms with van der Waals surface area (Å²) in [5.74, 6) is 0.0125. The van der Waals surface area contributed by atoms with Crippen molar-refractivity contribution in [2.45, 2.75) is 91.5 Å². The zero-order valence-corrected chi connectivity index (χ0v) is 24.2. The largest absolute Gasteiger partial charge is 0.378 e. The summed E-state index contributed by atoms with van der Waals surface area (Å²) < 4.78 is 15.2. The highest BCUT2D eigenvalue weighted by Crippen LogP contribution is 2.44. The van der Waals surface area contributed by atoms with Crippen molar-refractivity contribution >= 4 is 35.4 Å². The Balaban J connectivity index is 1.06. The van der Waals surface area contributed by atoms with Gasteiger partial charge in [0.1, 0.15) is 12.1 Å². The summed E-state index contributed by atoms with van der Waals surface area (Å²) in [7, 11) is 0. The minimum Gasteiger partial charge on any atom is -0.378 e. The monoisotopic (exact) mass is 582 g/mol. The van der Waals surface area contributed by atoms with Gasteiger partial charge in [0, 0.05) is 56.2 Å². The van der Waals surface area contributed by atoms with Crippen LogP contribution in [0.3, 0.4) is 0 Å². The molecule has 0 aromatic heterocycles. The minimum absolute atomic E-state index is 0.0484. The lowest BCUT2D eigenvalue weighted by molar-refractivity contribution is -0.431. The first-order valence-corrected chi connectivity index (χ1v) is 16.4. The van der Waals surface area contributed by atoms with Crippen molar-refractivity contribution in [2.75, 3.05) is 39.5 Å². The first kappa shape index (κ1) is 28.2. The number of carbonyl (C=O) groups is 2. The van der Waals surface area contributed by atoms with Crippen molar-refractivity contribution in [3.63, 3.8) is 0 Å². The summed E-state index contributed by atoms with van der Waals surface area (Å²) in [6.07, 6.45) is 8.01. The van der Waals surface area contributed by atoms with Crippen LogP contribution in [0.15, 0.2) is 11.1 Å². The van der Waals surface area contributed by atoms with Gasteiger partial charge in [-0.25, -0.2) is 0 Å². The van der Waals surface area contributed by atoms with E-state index < -0.39 is 6.04 Å². The van der Waals surface area contributed by atoms with E-state index in [1.165, 1.54) is 25.7 Å². The van der Waals surface area contributed by atoms with Crippen LogP contribution in [0.1, 0.15) is 38.5 Å². The van der Waals surface area contributed by atoms with E-state index >= 15 is 0 Å². The van der Waals surface area contributed by atoms with Gasteiger partial charge in [0.2, 0.25) is 5.91 Å². The lowest BCUT2D eigenvalue weighted by Gasteiger charge is -2.40. The van der Waals surface area contributed by atoms with Gasteiger partial charge >= 0.3 is 0 Å². The number of morpholine rings is 1. The molecule has 6 rings (SSSR count). The van der Waals surface area contributed by atoms with Gasteiger partial charge in [-0.15, -0.1) is 11.8 Å². The zero-order chi connectivity index (χ0) is 26.9. The van der Waals surface area contributed by atoms with Gasteiger partial charge in [-0.05, 0) is 25.7 Å². The molecule has 10 atom stereocenters. The molecule has 5 aliphatic heterocycles. The molecule has 0 aromatic carbocycles. The van der Waals surface area contributed by atoms with Crippen LogP contribution in [0.5, 0.6) is 0 Å². The fourth-order valence-electron chi connectivity index (χ4n) is 7.05. The number of ether oxygens (including phenoxy) is 2. The molecule has 0 bridgehead atoms. The molecule has 39 heavy (non-hydrogen) atoms. The third kappa shape index (κ3) is 6.31. The first-order valence-electron chi connectivity index (χ1n) is 14.6. The summed E-state index contributed by atoms with van der Waals surface area (Å²) in [5, 5.41) is 12.3. The molecule has 4 saturated heterocycles. The van der Waals surface area contributed by atoms with Crippen LogP contribution < -0.4 is 32.1 Å². The molecule has 5 heterocycles. The van der Waals surface area contributed by atoms with Gasteiger partial charge in [0.05, 0.1) is 47.6 Å². The van der Waals surface area contributed by atoms with E-state index in [0.29, 0.717) is 31.9 Å². The smallest absolute Gasteiger partial charge is 0.236 e. The van der Waals surface area contributed by atoms with Crippen molar-refractivity contribution in [1.82, 2.24) is 25.6 Å². The quantitative estimate of drug-likeness (QED) is 0.194. The number of carbonyl (C=O) groups excluding carboxylic acids is 2. The van der Waals surface area contributed by atoms with Crippen LogP contribution in [0, 0.1) is 5.92 Å². The maximum atomic E-state index is 12.9. The molecular weight excluding hydrogens is 538 g/mol. The third-order valence-electron chi connectivity index (χ3n) is 9.25. The van der Waals surface area contributed by atoms with E-state index in [9.17, 15) is 9.59 Å². The summed E-state index contributed by atoms with van der Waals surface area (Å²) in [5.41, 5.74) is 10.2. The second-order valence-electron chi connectivity index (χ2n) is 11.9. The molecule has 218 valence electrons. The Morgan fingerprint density at radius 3 is 2.77 bits per heavy atom. The third-order valence-corrected chi connectivity index (χ3v) is 11.8. The average Bonchev–Trinajstić information content (AvgIpc) is 3.58. The average molecular weight is 583 g/mol. The van der Waals surface area contributed by atoms with Gasteiger partial charge in [0.25, 0.3) is 0 Å². The molecule has 0 spiro atoms. The predicted molar refractivity (Wildman–Crippen MR) is 151 cm³/mol. The molecule has 9 N–H and O–H groups in total. The number of nitrogens with zero attached hydrogens (tertiary/aromatic N) is 1. The van der Waals surface area contributed by atoms with Crippen LogP contribution in [0.25, 0.3) is 0 Å². The number of ketones is 1. The number of quaternary nitrogens is 1. The number of primary amides is 1. The van der Waals surface area contributed by atoms with Gasteiger partial charge in [0.15, 0.2) is 5.78 Å². The fourth-order valence-corrected chi connectivity index (χ4v) is 9.78. The van der Waals surface area contributed by atoms with Crippen LogP contribution in [-0.2, 0) is 19.1 Å². The second kappa shape index (κ2) is 12.5. The highest BCUT2D eigenvalue weighted by Gasteiger charge is 2.50. The van der Waals surface area contributed by atoms with Crippen molar-refractivity contribution in [1.29, 1.82) is 0 Å². The maximum absolute atomic E-state index is 12.9. The molecule has 0 radical (unpaired) electrons. The van der Waals surface area contributed by atoms with Crippen LogP contribution >= 0.6 is 23.7 Å². The van der Waals surface area contributed by atoms with Gasteiger partial charge in [-0.2, -0.15) is 0 Å². The van der Waals surface area contributed by atoms with E-state index in [1.807, 2.05) is 0 Å². The number of thioether (sulfide) groups is 1. The molecule has 1 aliphatic carbocycles. The number of hydrogen-bond donors (Lipinski definition) is 6. The fraction of sp³-hybridized carbons (Fsp3) is 0.846. The Hall–Kier alpha value is -0.900. The van der Waals surface area contributed by atoms with Crippen molar-refractivity contribution in [3.8, 4) is 0 Å². The topological polar surface area (TPSA) is 158 Å². The molecule has 5 fully saturated rings. The van der Waals surface area contributed by atoms with E-state index in [4.69, 9.17) is 15.2 Å². The maximum Gasteiger partial charge on any atom is 0.236 e. The van der Waals surface area contributed by atoms with E-state index in [1.54, 1.807) is 29.8 Å². The molecule has 0 aromatic rings. The van der Waals surface area contributed by atoms with Crippen LogP contribution in [-0.4, -0.2) is 109 Å². The SMILES string of the molecule is NC(=O)C1NCC(N[C@H]2CCCC[C@H]2[NH3+])CC1NC1CC(C2COC3C(=O)C=C(N4CCOCC4)SC32)NS1. The highest BCUT2D eigenvalue weighted by molar-refractivity contribution is 8.03. The summed E-state index contributed by atoms with van der Waals surface area (Å²) in [4.78, 5) is 27.5. The van der Waals surface area contributed by atoms with Gasteiger partial charge < -0.3 is 36.5 Å². The number of amides is 1. The molecular formula is C26H44N7O4S2+. The number of nitrogens with one attached hydrogen (secondary N) is 4. The Kier molecular flexibility index (Phi) is 9.08. The lowest BCUT2D eigenvalue weighted by Crippen LogP contribution is -2.72. The second-order valence-corrected chi connectivity index (χ2v) is 14.1. The van der Waals surface area contributed by atoms with Crippen molar-refractivity contribution < 1.29 is 24.8 Å². The summed E-state index contributed by atoms with van der Waals surface area (Å²) in [6.45, 7) is 4.35. The molecule has 13 heteroatoms. The lowest BCUT2D eigenvalue weighted by atomic mass is 9.88. The molecule has 11 nitrogen and oxygen atoms in total. The van der Waals surface area contributed by atoms with Crippen molar-refractivity contribution in [2.24, 2.45) is 11.7 Å². The minimum atomic E-state index is -0.392. The van der Waals surface area contributed by atoms with Crippen LogP contribution in [0.2, 0.25) is 0 Å². The first-order chi connectivity index (χ1) is 19.0. The summed E-state index contributed by atoms with van der Waals surface area (Å²) in [6, 6.07) is 0.933. The normalized spacial score (nSPS) is 43.3. The standard InChI is InChI=1S/C26H43N7O4S2/c27-16-3-1-2-4-17(16)30-14-9-19(23(26(28)35)29-12-14)31-21-10-18(32-39-21)15-13-37-24-20(34)11-22(38-25(15)24)33-5-7-36-8-6-33/h11,14-19,21,23-25,29-32H,1-10,12-13,27H2,(H2,28,35)/p+1/t14?,15?,16-,17+,18?,19?,21?,23?,24?,25?/m1/s1.